The molecule has 0 spiro atoms. The first-order valence-electron chi connectivity index (χ1n) is 10.5. The zero-order chi connectivity index (χ0) is 18.1. The van der Waals surface area contributed by atoms with Crippen LogP contribution in [0, 0.1) is 0 Å². The zero-order valence-electron chi connectivity index (χ0n) is 17.1. The molecule has 0 heterocycles. The van der Waals surface area contributed by atoms with Gasteiger partial charge in [-0.1, -0.05) is 0 Å². The van der Waals surface area contributed by atoms with Gasteiger partial charge >= 0.3 is 157 Å². The topological polar surface area (TPSA) is 18.5 Å². The van der Waals surface area contributed by atoms with Gasteiger partial charge in [-0.25, -0.2) is 0 Å². The normalized spacial score (nSPS) is 13.2. The van der Waals surface area contributed by atoms with E-state index >= 15 is 0 Å². The van der Waals surface area contributed by atoms with E-state index in [-0.39, 0.29) is 6.29 Å². The van der Waals surface area contributed by atoms with Crippen LogP contribution >= 0.6 is 0 Å². The Bertz CT molecular complexity index is 259. The van der Waals surface area contributed by atoms with Crippen LogP contribution < -0.4 is 0 Å². The van der Waals surface area contributed by atoms with Crippen LogP contribution in [-0.4, -0.2) is 37.9 Å². The summed E-state index contributed by atoms with van der Waals surface area (Å²) in [5.41, 5.74) is 0. The van der Waals surface area contributed by atoms with E-state index in [1.807, 2.05) is 6.08 Å². The molecule has 3 heteroatoms. The van der Waals surface area contributed by atoms with Crippen molar-refractivity contribution in [3.05, 3.63) is 12.7 Å². The predicted octanol–water partition coefficient (Wildman–Crippen LogP) is 7.18. The molecular formula is C21H44O2Sn. The molecule has 1 atom stereocenters. The van der Waals surface area contributed by atoms with Crippen molar-refractivity contribution in [1.82, 2.24) is 0 Å². The van der Waals surface area contributed by atoms with Gasteiger partial charge in [0.15, 0.2) is 0 Å². The van der Waals surface area contributed by atoms with Gasteiger partial charge in [0.25, 0.3) is 0 Å². The Morgan fingerprint density at radius 2 is 1.29 bits per heavy atom. The van der Waals surface area contributed by atoms with Crippen molar-refractivity contribution in [2.75, 3.05) is 13.2 Å². The standard InChI is InChI=1S/C9H17O2.3C4H9.Sn/c1-4-7-9(10-6-3)11-8-5-2;3*1-3-4-2;/h5,9H,1-2,4,6-8H2,3H3;3*1,3-4H2,2H3;. The Morgan fingerprint density at radius 1 is 0.792 bits per heavy atom. The molecule has 2 nitrogen and oxygen atoms in total. The Kier molecular flexibility index (Phi) is 17.2. The first-order chi connectivity index (χ1) is 11.7. The minimum absolute atomic E-state index is 0.0273. The second-order valence-electron chi connectivity index (χ2n) is 7.21. The fraction of sp³-hybridized carbons (Fsp3) is 0.905. The van der Waals surface area contributed by atoms with Crippen LogP contribution in [0.25, 0.3) is 0 Å². The number of hydrogen-bond acceptors (Lipinski definition) is 2. The summed E-state index contributed by atoms with van der Waals surface area (Å²) in [5.74, 6) is 0. The van der Waals surface area contributed by atoms with Crippen molar-refractivity contribution in [2.24, 2.45) is 0 Å². The molecule has 0 bridgehead atoms. The van der Waals surface area contributed by atoms with Crippen molar-refractivity contribution in [3.8, 4) is 0 Å². The van der Waals surface area contributed by atoms with Crippen molar-refractivity contribution in [2.45, 2.75) is 103 Å². The third kappa shape index (κ3) is 11.9. The van der Waals surface area contributed by atoms with Crippen molar-refractivity contribution in [1.29, 1.82) is 0 Å². The van der Waals surface area contributed by atoms with E-state index in [0.717, 1.165) is 13.0 Å². The second kappa shape index (κ2) is 16.9. The molecule has 144 valence electrons. The number of rotatable bonds is 18. The van der Waals surface area contributed by atoms with E-state index in [9.17, 15) is 0 Å². The molecule has 0 aromatic heterocycles. The Morgan fingerprint density at radius 3 is 1.71 bits per heavy atom. The van der Waals surface area contributed by atoms with Gasteiger partial charge in [-0.3, -0.25) is 0 Å². The Labute approximate surface area is 156 Å². The molecule has 0 fully saturated rings. The van der Waals surface area contributed by atoms with E-state index in [2.05, 4.69) is 34.3 Å². The van der Waals surface area contributed by atoms with Gasteiger partial charge in [-0.15, -0.1) is 0 Å². The van der Waals surface area contributed by atoms with E-state index in [1.165, 1.54) is 49.4 Å². The summed E-state index contributed by atoms with van der Waals surface area (Å²) in [7, 11) is 0. The van der Waals surface area contributed by atoms with Gasteiger partial charge in [0.05, 0.1) is 0 Å². The molecule has 0 aliphatic rings. The van der Waals surface area contributed by atoms with Crippen LogP contribution in [0.1, 0.15) is 79.1 Å². The zero-order valence-corrected chi connectivity index (χ0v) is 19.9. The van der Waals surface area contributed by atoms with Crippen LogP contribution in [0.2, 0.25) is 17.7 Å². The van der Waals surface area contributed by atoms with Crippen LogP contribution in [0.5, 0.6) is 0 Å². The minimum atomic E-state index is -1.96. The summed E-state index contributed by atoms with van der Waals surface area (Å²) in [4.78, 5) is 0. The molecule has 0 radical (unpaired) electrons. The number of unbranched alkanes of at least 4 members (excludes halogenated alkanes) is 3. The Hall–Kier alpha value is 0.459. The maximum atomic E-state index is 5.77. The molecule has 0 saturated heterocycles. The summed E-state index contributed by atoms with van der Waals surface area (Å²) in [6.45, 7) is 14.2. The van der Waals surface area contributed by atoms with E-state index in [1.54, 1.807) is 13.3 Å². The van der Waals surface area contributed by atoms with Gasteiger partial charge < -0.3 is 0 Å². The molecule has 0 aromatic carbocycles. The first kappa shape index (κ1) is 24.5. The SMILES string of the molecule is C=CCOC(CC[CH2][Sn]([CH2]CCC)([CH2]CCC)[CH2]CCC)OCC. The molecule has 0 rings (SSSR count). The van der Waals surface area contributed by atoms with Gasteiger partial charge in [0.2, 0.25) is 0 Å². The van der Waals surface area contributed by atoms with E-state index in [4.69, 9.17) is 9.47 Å². The van der Waals surface area contributed by atoms with Crippen LogP contribution in [0.15, 0.2) is 12.7 Å². The summed E-state index contributed by atoms with van der Waals surface area (Å²) >= 11 is -1.96. The monoisotopic (exact) mass is 448 g/mol. The van der Waals surface area contributed by atoms with Gasteiger partial charge in [-0.2, -0.15) is 0 Å². The Balaban J connectivity index is 4.63. The average Bonchev–Trinajstić information content (AvgIpc) is 2.60. The molecule has 24 heavy (non-hydrogen) atoms. The average molecular weight is 447 g/mol. The summed E-state index contributed by atoms with van der Waals surface area (Å²) in [6.07, 6.45) is 12.6. The molecule has 1 unspecified atom stereocenters. The summed E-state index contributed by atoms with van der Waals surface area (Å²) in [5, 5.41) is 0. The number of ether oxygens (including phenoxy) is 2. The molecule has 0 aliphatic carbocycles. The van der Waals surface area contributed by atoms with Gasteiger partial charge in [0, 0.05) is 0 Å². The predicted molar refractivity (Wildman–Crippen MR) is 111 cm³/mol. The molecular weight excluding hydrogens is 403 g/mol. The van der Waals surface area contributed by atoms with Gasteiger partial charge in [0.1, 0.15) is 0 Å². The molecule has 0 aliphatic heterocycles. The van der Waals surface area contributed by atoms with E-state index < -0.39 is 18.4 Å². The summed E-state index contributed by atoms with van der Waals surface area (Å²) in [6, 6.07) is 0. The maximum absolute atomic E-state index is 5.77. The fourth-order valence-electron chi connectivity index (χ4n) is 3.63. The first-order valence-corrected chi connectivity index (χ1v) is 18.6. The van der Waals surface area contributed by atoms with Crippen molar-refractivity contribution >= 4 is 18.4 Å². The molecule has 0 N–H and O–H groups in total. The fourth-order valence-corrected chi connectivity index (χ4v) is 20.1. The van der Waals surface area contributed by atoms with Crippen LogP contribution in [0.4, 0.5) is 0 Å². The van der Waals surface area contributed by atoms with Gasteiger partial charge in [-0.05, 0) is 0 Å². The van der Waals surface area contributed by atoms with E-state index in [0.29, 0.717) is 6.61 Å². The third-order valence-electron chi connectivity index (χ3n) is 5.08. The number of hydrogen-bond donors (Lipinski definition) is 0. The van der Waals surface area contributed by atoms with Crippen molar-refractivity contribution < 1.29 is 9.47 Å². The molecule has 0 amide bonds. The van der Waals surface area contributed by atoms with Crippen molar-refractivity contribution in [3.63, 3.8) is 0 Å². The second-order valence-corrected chi connectivity index (χ2v) is 21.5. The molecule has 0 aromatic rings. The van der Waals surface area contributed by atoms with Crippen LogP contribution in [0.3, 0.4) is 0 Å². The molecule has 0 saturated carbocycles. The summed E-state index contributed by atoms with van der Waals surface area (Å²) < 4.78 is 17.9. The third-order valence-corrected chi connectivity index (χ3v) is 21.2. The van der Waals surface area contributed by atoms with Crippen LogP contribution in [-0.2, 0) is 9.47 Å². The quantitative estimate of drug-likeness (QED) is 0.126.